The van der Waals surface area contributed by atoms with Crippen LogP contribution in [0.25, 0.3) is 22.7 Å². The van der Waals surface area contributed by atoms with Crippen LogP contribution in [0.2, 0.25) is 0 Å². The quantitative estimate of drug-likeness (QED) is 0.675. The fourth-order valence-corrected chi connectivity index (χ4v) is 2.36. The van der Waals surface area contributed by atoms with Crippen molar-refractivity contribution in [3.8, 4) is 0 Å². The SMILES string of the molecule is CC(=Cc1cnc2nc(N)nc(N)c2c1)c1ccc(C(=O)O)cc1. The van der Waals surface area contributed by atoms with Gasteiger partial charge >= 0.3 is 5.97 Å². The smallest absolute Gasteiger partial charge is 0.335 e. The molecule has 0 fully saturated rings. The molecule has 0 aliphatic carbocycles. The maximum atomic E-state index is 10.9. The molecule has 0 aliphatic heterocycles. The van der Waals surface area contributed by atoms with Crippen LogP contribution in [0.1, 0.15) is 28.4 Å². The van der Waals surface area contributed by atoms with Crippen molar-refractivity contribution in [2.24, 2.45) is 0 Å². The summed E-state index contributed by atoms with van der Waals surface area (Å²) in [6, 6.07) is 8.51. The van der Waals surface area contributed by atoms with Crippen LogP contribution in [-0.2, 0) is 0 Å². The number of aromatic nitrogens is 3. The zero-order chi connectivity index (χ0) is 17.3. The molecule has 3 aromatic rings. The van der Waals surface area contributed by atoms with Gasteiger partial charge in [-0.05, 0) is 47.9 Å². The minimum Gasteiger partial charge on any atom is -0.478 e. The van der Waals surface area contributed by atoms with Crippen LogP contribution in [-0.4, -0.2) is 26.0 Å². The molecule has 1 aromatic carbocycles. The number of pyridine rings is 1. The number of carbonyl (C=O) groups is 1. The number of benzene rings is 1. The first-order valence-electron chi connectivity index (χ1n) is 7.15. The van der Waals surface area contributed by atoms with E-state index in [0.717, 1.165) is 16.7 Å². The Hall–Kier alpha value is -3.48. The molecule has 7 heteroatoms. The van der Waals surface area contributed by atoms with E-state index in [1.807, 2.05) is 19.1 Å². The highest BCUT2D eigenvalue weighted by atomic mass is 16.4. The molecule has 2 heterocycles. The Morgan fingerprint density at radius 2 is 1.79 bits per heavy atom. The molecule has 0 radical (unpaired) electrons. The highest BCUT2D eigenvalue weighted by molar-refractivity contribution is 5.91. The fourth-order valence-electron chi connectivity index (χ4n) is 2.36. The number of fused-ring (bicyclic) bond motifs is 1. The Morgan fingerprint density at radius 3 is 2.46 bits per heavy atom. The molecular weight excluding hydrogens is 306 g/mol. The van der Waals surface area contributed by atoms with Gasteiger partial charge in [-0.1, -0.05) is 12.1 Å². The van der Waals surface area contributed by atoms with Crippen LogP contribution < -0.4 is 11.5 Å². The molecule has 0 saturated carbocycles. The Balaban J connectivity index is 1.97. The largest absolute Gasteiger partial charge is 0.478 e. The molecule has 0 spiro atoms. The van der Waals surface area contributed by atoms with Crippen LogP contribution >= 0.6 is 0 Å². The van der Waals surface area contributed by atoms with E-state index in [9.17, 15) is 4.79 Å². The Labute approximate surface area is 137 Å². The Morgan fingerprint density at radius 1 is 1.12 bits per heavy atom. The van der Waals surface area contributed by atoms with E-state index in [2.05, 4.69) is 15.0 Å². The van der Waals surface area contributed by atoms with Gasteiger partial charge < -0.3 is 16.6 Å². The molecule has 120 valence electrons. The number of hydrogen-bond acceptors (Lipinski definition) is 6. The van der Waals surface area contributed by atoms with E-state index in [1.165, 1.54) is 0 Å². The standard InChI is InChI=1S/C17H15N5O2/c1-9(11-2-4-12(5-3-11)16(23)24)6-10-7-13-14(18)21-17(19)22-15(13)20-8-10/h2-8H,1H3,(H,23,24)(H4,18,19,20,21,22). The van der Waals surface area contributed by atoms with E-state index < -0.39 is 5.97 Å². The van der Waals surface area contributed by atoms with Crippen molar-refractivity contribution in [3.05, 3.63) is 53.2 Å². The minimum absolute atomic E-state index is 0.0884. The van der Waals surface area contributed by atoms with Gasteiger partial charge in [0.1, 0.15) is 5.82 Å². The summed E-state index contributed by atoms with van der Waals surface area (Å²) in [5.74, 6) is -0.578. The number of carboxylic acid groups (broad SMARTS) is 1. The van der Waals surface area contributed by atoms with Gasteiger partial charge in [0.25, 0.3) is 0 Å². The number of hydrogen-bond donors (Lipinski definition) is 3. The third kappa shape index (κ3) is 3.00. The average molecular weight is 321 g/mol. The first-order valence-corrected chi connectivity index (χ1v) is 7.15. The first-order chi connectivity index (χ1) is 11.4. The molecular formula is C17H15N5O2. The van der Waals surface area contributed by atoms with Gasteiger partial charge in [-0.3, -0.25) is 0 Å². The van der Waals surface area contributed by atoms with Gasteiger partial charge in [-0.2, -0.15) is 9.97 Å². The second-order valence-electron chi connectivity index (χ2n) is 5.32. The van der Waals surface area contributed by atoms with Crippen LogP contribution in [0.4, 0.5) is 11.8 Å². The van der Waals surface area contributed by atoms with Crippen molar-refractivity contribution in [1.29, 1.82) is 0 Å². The number of allylic oxidation sites excluding steroid dienone is 1. The summed E-state index contributed by atoms with van der Waals surface area (Å²) in [7, 11) is 0. The van der Waals surface area contributed by atoms with Gasteiger partial charge in [-0.15, -0.1) is 0 Å². The van der Waals surface area contributed by atoms with Gasteiger partial charge in [0.15, 0.2) is 5.65 Å². The van der Waals surface area contributed by atoms with Crippen molar-refractivity contribution >= 4 is 40.4 Å². The average Bonchev–Trinajstić information content (AvgIpc) is 2.55. The summed E-state index contributed by atoms with van der Waals surface area (Å²) in [6.07, 6.45) is 3.60. The van der Waals surface area contributed by atoms with E-state index in [-0.39, 0.29) is 17.3 Å². The predicted octanol–water partition coefficient (Wildman–Crippen LogP) is 2.45. The lowest BCUT2D eigenvalue weighted by Crippen LogP contribution is -2.01. The molecule has 0 aliphatic rings. The molecule has 2 aromatic heterocycles. The van der Waals surface area contributed by atoms with Gasteiger partial charge in [0, 0.05) is 6.20 Å². The third-order valence-corrected chi connectivity index (χ3v) is 3.59. The van der Waals surface area contributed by atoms with Crippen molar-refractivity contribution in [3.63, 3.8) is 0 Å². The molecule has 24 heavy (non-hydrogen) atoms. The van der Waals surface area contributed by atoms with Crippen LogP contribution in [0, 0.1) is 0 Å². The maximum Gasteiger partial charge on any atom is 0.335 e. The van der Waals surface area contributed by atoms with Gasteiger partial charge in [0.05, 0.1) is 10.9 Å². The summed E-state index contributed by atoms with van der Waals surface area (Å²) in [5, 5.41) is 9.57. The molecule has 0 bridgehead atoms. The summed E-state index contributed by atoms with van der Waals surface area (Å²) in [4.78, 5) is 23.1. The summed E-state index contributed by atoms with van der Waals surface area (Å²) >= 11 is 0. The van der Waals surface area contributed by atoms with E-state index in [4.69, 9.17) is 16.6 Å². The highest BCUT2D eigenvalue weighted by Gasteiger charge is 2.06. The number of carboxylic acids is 1. The van der Waals surface area contributed by atoms with Crippen LogP contribution in [0.3, 0.4) is 0 Å². The van der Waals surface area contributed by atoms with Gasteiger partial charge in [-0.25, -0.2) is 9.78 Å². The predicted molar refractivity (Wildman–Crippen MR) is 93.1 cm³/mol. The van der Waals surface area contributed by atoms with Crippen LogP contribution in [0.15, 0.2) is 36.5 Å². The summed E-state index contributed by atoms with van der Waals surface area (Å²) < 4.78 is 0. The van der Waals surface area contributed by atoms with Crippen molar-refractivity contribution in [1.82, 2.24) is 15.0 Å². The van der Waals surface area contributed by atoms with E-state index >= 15 is 0 Å². The molecule has 0 atom stereocenters. The highest BCUT2D eigenvalue weighted by Crippen LogP contribution is 2.22. The zero-order valence-electron chi connectivity index (χ0n) is 12.9. The van der Waals surface area contributed by atoms with E-state index in [1.54, 1.807) is 30.5 Å². The van der Waals surface area contributed by atoms with Crippen molar-refractivity contribution in [2.75, 3.05) is 11.5 Å². The first kappa shape index (κ1) is 15.4. The topological polar surface area (TPSA) is 128 Å². The number of anilines is 2. The minimum atomic E-state index is -0.948. The van der Waals surface area contributed by atoms with Crippen molar-refractivity contribution < 1.29 is 9.90 Å². The number of aromatic carboxylic acids is 1. The molecule has 7 nitrogen and oxygen atoms in total. The van der Waals surface area contributed by atoms with Gasteiger partial charge in [0.2, 0.25) is 5.95 Å². The molecule has 0 saturated heterocycles. The normalized spacial score (nSPS) is 11.6. The fraction of sp³-hybridized carbons (Fsp3) is 0.0588. The lowest BCUT2D eigenvalue weighted by atomic mass is 10.0. The number of rotatable bonds is 3. The number of nitrogens with zero attached hydrogens (tertiary/aromatic N) is 3. The molecule has 5 N–H and O–H groups in total. The number of nitrogens with two attached hydrogens (primary N) is 2. The Kier molecular flexibility index (Phi) is 3.83. The molecule has 3 rings (SSSR count). The second kappa shape index (κ2) is 5.96. The monoisotopic (exact) mass is 321 g/mol. The zero-order valence-corrected chi connectivity index (χ0v) is 12.9. The Bertz CT molecular complexity index is 965. The van der Waals surface area contributed by atoms with E-state index in [0.29, 0.717) is 11.0 Å². The third-order valence-electron chi connectivity index (χ3n) is 3.59. The summed E-state index contributed by atoms with van der Waals surface area (Å²) in [6.45, 7) is 1.93. The number of nitrogen functional groups attached to an aromatic ring is 2. The lowest BCUT2D eigenvalue weighted by molar-refractivity contribution is 0.0697. The summed E-state index contributed by atoms with van der Waals surface area (Å²) in [5.41, 5.74) is 14.8. The second-order valence-corrected chi connectivity index (χ2v) is 5.32. The molecule has 0 amide bonds. The van der Waals surface area contributed by atoms with Crippen LogP contribution in [0.5, 0.6) is 0 Å². The maximum absolute atomic E-state index is 10.9. The molecule has 0 unspecified atom stereocenters. The lowest BCUT2D eigenvalue weighted by Gasteiger charge is -2.05. The van der Waals surface area contributed by atoms with Crippen molar-refractivity contribution in [2.45, 2.75) is 6.92 Å².